The van der Waals surface area contributed by atoms with Crippen molar-refractivity contribution in [1.82, 2.24) is 0 Å². The Hall–Kier alpha value is -2.23. The molecule has 2 aromatic rings. The second-order valence-corrected chi connectivity index (χ2v) is 4.96. The van der Waals surface area contributed by atoms with E-state index in [0.717, 1.165) is 29.2 Å². The molecule has 0 radical (unpaired) electrons. The van der Waals surface area contributed by atoms with Gasteiger partial charge in [0.1, 0.15) is 11.5 Å². The third-order valence-electron chi connectivity index (χ3n) is 3.48. The molecular weight excluding hydrogens is 256 g/mol. The molecule has 0 spiro atoms. The molecule has 2 heterocycles. The van der Waals surface area contributed by atoms with Crippen molar-refractivity contribution in [1.29, 1.82) is 0 Å². The molecule has 1 aromatic heterocycles. The van der Waals surface area contributed by atoms with Crippen molar-refractivity contribution in [3.05, 3.63) is 57.1 Å². The largest absolute Gasteiger partial charge is 0.466 e. The lowest BCUT2D eigenvalue weighted by Crippen LogP contribution is -2.08. The van der Waals surface area contributed by atoms with Crippen molar-refractivity contribution in [3.8, 4) is 11.5 Å². The van der Waals surface area contributed by atoms with Crippen LogP contribution in [0.4, 0.5) is 0 Å². The van der Waals surface area contributed by atoms with Crippen LogP contribution in [0.3, 0.4) is 0 Å². The first-order chi connectivity index (χ1) is 9.63. The average Bonchev–Trinajstić information content (AvgIpc) is 2.88. The highest BCUT2D eigenvalue weighted by atomic mass is 16.7. The van der Waals surface area contributed by atoms with Crippen molar-refractivity contribution < 1.29 is 13.9 Å². The fraction of sp³-hybridized carbons (Fsp3) is 0.312. The highest BCUT2D eigenvalue weighted by Gasteiger charge is 2.14. The number of rotatable bonds is 3. The van der Waals surface area contributed by atoms with Crippen LogP contribution in [0, 0.1) is 13.8 Å². The van der Waals surface area contributed by atoms with Crippen molar-refractivity contribution in [2.45, 2.75) is 26.7 Å². The van der Waals surface area contributed by atoms with Gasteiger partial charge in [0.2, 0.25) is 6.79 Å². The molecule has 4 nitrogen and oxygen atoms in total. The molecule has 0 fully saturated rings. The minimum absolute atomic E-state index is 0.0365. The van der Waals surface area contributed by atoms with Crippen LogP contribution in [-0.2, 0) is 12.8 Å². The van der Waals surface area contributed by atoms with Gasteiger partial charge in [-0.05, 0) is 38.0 Å². The van der Waals surface area contributed by atoms with Crippen molar-refractivity contribution >= 4 is 0 Å². The van der Waals surface area contributed by atoms with Gasteiger partial charge in [0.25, 0.3) is 0 Å². The molecule has 0 N–H and O–H groups in total. The van der Waals surface area contributed by atoms with Gasteiger partial charge in [0.15, 0.2) is 16.9 Å². The highest BCUT2D eigenvalue weighted by molar-refractivity contribution is 5.44. The topological polar surface area (TPSA) is 48.7 Å². The first-order valence-corrected chi connectivity index (χ1v) is 6.62. The first-order valence-electron chi connectivity index (χ1n) is 6.62. The zero-order valence-electron chi connectivity index (χ0n) is 11.6. The molecule has 0 saturated heterocycles. The van der Waals surface area contributed by atoms with E-state index in [0.29, 0.717) is 17.7 Å². The summed E-state index contributed by atoms with van der Waals surface area (Å²) in [7, 11) is 0. The smallest absolute Gasteiger partial charge is 0.231 e. The van der Waals surface area contributed by atoms with Crippen LogP contribution in [0.2, 0.25) is 0 Å². The molecule has 0 unspecified atom stereocenters. The fourth-order valence-electron chi connectivity index (χ4n) is 2.32. The summed E-state index contributed by atoms with van der Waals surface area (Å²) in [6.07, 6.45) is 1.49. The van der Waals surface area contributed by atoms with Gasteiger partial charge in [-0.25, -0.2) is 0 Å². The predicted molar refractivity (Wildman–Crippen MR) is 74.4 cm³/mol. The lowest BCUT2D eigenvalue weighted by atomic mass is 10.1. The van der Waals surface area contributed by atoms with Crippen LogP contribution in [0.15, 0.2) is 33.5 Å². The molecular formula is C16H16O4. The van der Waals surface area contributed by atoms with Crippen molar-refractivity contribution in [3.63, 3.8) is 0 Å². The van der Waals surface area contributed by atoms with Gasteiger partial charge in [-0.3, -0.25) is 4.79 Å². The molecule has 3 rings (SSSR count). The Balaban J connectivity index is 1.78. The molecule has 20 heavy (non-hydrogen) atoms. The quantitative estimate of drug-likeness (QED) is 0.862. The van der Waals surface area contributed by atoms with E-state index in [4.69, 9.17) is 13.9 Å². The van der Waals surface area contributed by atoms with E-state index in [-0.39, 0.29) is 12.2 Å². The zero-order valence-corrected chi connectivity index (χ0v) is 11.6. The molecule has 0 atom stereocenters. The maximum atomic E-state index is 11.7. The maximum absolute atomic E-state index is 11.7. The summed E-state index contributed by atoms with van der Waals surface area (Å²) in [5.74, 6) is 2.98. The summed E-state index contributed by atoms with van der Waals surface area (Å²) in [6, 6.07) is 7.43. The van der Waals surface area contributed by atoms with Crippen LogP contribution in [0.5, 0.6) is 11.5 Å². The van der Waals surface area contributed by atoms with E-state index in [1.54, 1.807) is 13.8 Å². The van der Waals surface area contributed by atoms with E-state index in [2.05, 4.69) is 0 Å². The van der Waals surface area contributed by atoms with Crippen molar-refractivity contribution in [2.24, 2.45) is 0 Å². The highest BCUT2D eigenvalue weighted by Crippen LogP contribution is 2.32. The van der Waals surface area contributed by atoms with E-state index < -0.39 is 0 Å². The van der Waals surface area contributed by atoms with Crippen molar-refractivity contribution in [2.75, 3.05) is 6.79 Å². The normalized spacial score (nSPS) is 12.7. The van der Waals surface area contributed by atoms with Gasteiger partial charge in [-0.15, -0.1) is 0 Å². The monoisotopic (exact) mass is 272 g/mol. The van der Waals surface area contributed by atoms with Gasteiger partial charge < -0.3 is 13.9 Å². The van der Waals surface area contributed by atoms with Gasteiger partial charge in [-0.1, -0.05) is 6.07 Å². The lowest BCUT2D eigenvalue weighted by molar-refractivity contribution is 0.174. The predicted octanol–water partition coefficient (Wildman–Crippen LogP) is 2.77. The van der Waals surface area contributed by atoms with Gasteiger partial charge >= 0.3 is 0 Å². The number of hydrogen-bond acceptors (Lipinski definition) is 4. The Labute approximate surface area is 117 Å². The summed E-state index contributed by atoms with van der Waals surface area (Å²) in [4.78, 5) is 11.7. The average molecular weight is 272 g/mol. The van der Waals surface area contributed by atoms with Gasteiger partial charge in [0.05, 0.1) is 0 Å². The van der Waals surface area contributed by atoms with Gasteiger partial charge in [-0.2, -0.15) is 0 Å². The zero-order chi connectivity index (χ0) is 14.1. The molecule has 0 saturated carbocycles. The van der Waals surface area contributed by atoms with Crippen LogP contribution < -0.4 is 14.9 Å². The standard InChI is InChI=1S/C16H16O4/c1-10-7-13(17)11(2)14(20-10)5-3-12-4-6-15-16(8-12)19-9-18-15/h4,6-8H,3,5,9H2,1-2H3. The summed E-state index contributed by atoms with van der Waals surface area (Å²) in [5, 5.41) is 0. The minimum atomic E-state index is 0.0365. The van der Waals surface area contributed by atoms with E-state index in [1.165, 1.54) is 6.07 Å². The number of benzene rings is 1. The SMILES string of the molecule is Cc1cc(=O)c(C)c(CCc2ccc3c(c2)OCO3)o1. The summed E-state index contributed by atoms with van der Waals surface area (Å²) >= 11 is 0. The number of aryl methyl sites for hydroxylation is 3. The number of ether oxygens (including phenoxy) is 2. The lowest BCUT2D eigenvalue weighted by Gasteiger charge is -2.06. The molecule has 1 aliphatic rings. The third kappa shape index (κ3) is 2.41. The number of hydrogen-bond donors (Lipinski definition) is 0. The van der Waals surface area contributed by atoms with E-state index >= 15 is 0 Å². The molecule has 4 heteroatoms. The maximum Gasteiger partial charge on any atom is 0.231 e. The summed E-state index contributed by atoms with van der Waals surface area (Å²) < 4.78 is 16.3. The first kappa shape index (κ1) is 12.8. The Kier molecular flexibility index (Phi) is 3.22. The van der Waals surface area contributed by atoms with E-state index in [9.17, 15) is 4.79 Å². The van der Waals surface area contributed by atoms with Crippen LogP contribution in [0.1, 0.15) is 22.6 Å². The number of fused-ring (bicyclic) bond motifs is 1. The van der Waals surface area contributed by atoms with Crippen LogP contribution in [0.25, 0.3) is 0 Å². The molecule has 1 aliphatic heterocycles. The minimum Gasteiger partial charge on any atom is -0.466 e. The molecule has 1 aromatic carbocycles. The van der Waals surface area contributed by atoms with Crippen LogP contribution >= 0.6 is 0 Å². The fourth-order valence-corrected chi connectivity index (χ4v) is 2.32. The third-order valence-corrected chi connectivity index (χ3v) is 3.48. The molecule has 0 aliphatic carbocycles. The Morgan fingerprint density at radius 3 is 2.70 bits per heavy atom. The molecule has 0 bridgehead atoms. The summed E-state index contributed by atoms with van der Waals surface area (Å²) in [5.41, 5.74) is 1.86. The Bertz CT molecular complexity index is 700. The van der Waals surface area contributed by atoms with E-state index in [1.807, 2.05) is 18.2 Å². The Morgan fingerprint density at radius 1 is 1.05 bits per heavy atom. The van der Waals surface area contributed by atoms with Gasteiger partial charge in [0, 0.05) is 18.1 Å². The van der Waals surface area contributed by atoms with Crippen LogP contribution in [-0.4, -0.2) is 6.79 Å². The molecule has 104 valence electrons. The second kappa shape index (κ2) is 5.04. The summed E-state index contributed by atoms with van der Waals surface area (Å²) in [6.45, 7) is 3.88. The Morgan fingerprint density at radius 2 is 1.85 bits per heavy atom. The molecule has 0 amide bonds. The second-order valence-electron chi connectivity index (χ2n) is 4.96.